The van der Waals surface area contributed by atoms with E-state index in [2.05, 4.69) is 26.1 Å². The van der Waals surface area contributed by atoms with Gasteiger partial charge in [0.2, 0.25) is 0 Å². The second-order valence-corrected chi connectivity index (χ2v) is 12.3. The van der Waals surface area contributed by atoms with Gasteiger partial charge in [-0.05, 0) is 111 Å². The second-order valence-electron chi connectivity index (χ2n) is 12.3. The minimum atomic E-state index is -0.202. The van der Waals surface area contributed by atoms with Crippen molar-refractivity contribution in [3.05, 3.63) is 0 Å². The summed E-state index contributed by atoms with van der Waals surface area (Å²) in [6.45, 7) is 9.93. The molecule has 0 spiro atoms. The van der Waals surface area contributed by atoms with Gasteiger partial charge in [0.25, 0.3) is 0 Å². The summed E-state index contributed by atoms with van der Waals surface area (Å²) in [7, 11) is 0. The standard InChI is InChI=1S/C27H47NO3/c1-17(5-6-18(2)30)22-9-10-23-21-8-7-19-15-20(28-13-14-29)11-12-26(19,3)24(21)16-25(31)27(22,23)4/h17,19-25,28-29,31H,5-16H2,1-4H3/t17-,19-,20?,21?,22-,23?,24?,25+,26+,27-/m1/s1. The fourth-order valence-corrected chi connectivity index (χ4v) is 9.27. The largest absolute Gasteiger partial charge is 0.395 e. The van der Waals surface area contributed by atoms with Gasteiger partial charge >= 0.3 is 0 Å². The maximum absolute atomic E-state index is 11.6. The molecule has 178 valence electrons. The second kappa shape index (κ2) is 9.06. The molecule has 0 saturated heterocycles. The van der Waals surface area contributed by atoms with Gasteiger partial charge in [-0.3, -0.25) is 0 Å². The van der Waals surface area contributed by atoms with Crippen LogP contribution in [-0.2, 0) is 4.79 Å². The van der Waals surface area contributed by atoms with E-state index in [9.17, 15) is 15.0 Å². The average Bonchev–Trinajstić information content (AvgIpc) is 3.10. The number of Topliss-reactive ketones (excluding diaryl/α,β-unsaturated/α-hetero) is 1. The third-order valence-electron chi connectivity index (χ3n) is 11.0. The predicted molar refractivity (Wildman–Crippen MR) is 125 cm³/mol. The van der Waals surface area contributed by atoms with E-state index in [4.69, 9.17) is 0 Å². The Bertz CT molecular complexity index is 652. The lowest BCUT2D eigenvalue weighted by Gasteiger charge is -2.62. The number of aliphatic hydroxyl groups excluding tert-OH is 2. The van der Waals surface area contributed by atoms with E-state index < -0.39 is 0 Å². The van der Waals surface area contributed by atoms with Crippen LogP contribution in [0.3, 0.4) is 0 Å². The molecule has 10 atom stereocenters. The Labute approximate surface area is 190 Å². The lowest BCUT2D eigenvalue weighted by atomic mass is 9.43. The Balaban J connectivity index is 1.50. The van der Waals surface area contributed by atoms with E-state index in [0.717, 1.165) is 24.7 Å². The van der Waals surface area contributed by atoms with Crippen LogP contribution in [0.1, 0.15) is 91.9 Å². The van der Waals surface area contributed by atoms with Gasteiger partial charge in [-0.25, -0.2) is 0 Å². The Morgan fingerprint density at radius 2 is 1.87 bits per heavy atom. The van der Waals surface area contributed by atoms with Gasteiger partial charge in [0.15, 0.2) is 0 Å². The molecule has 4 nitrogen and oxygen atoms in total. The molecule has 4 aliphatic carbocycles. The van der Waals surface area contributed by atoms with E-state index in [1.165, 1.54) is 44.9 Å². The van der Waals surface area contributed by atoms with Gasteiger partial charge in [0.1, 0.15) is 5.78 Å². The number of carbonyl (C=O) groups excluding carboxylic acids is 1. The molecule has 0 aromatic rings. The Hall–Kier alpha value is -0.450. The molecule has 4 unspecified atom stereocenters. The molecule has 31 heavy (non-hydrogen) atoms. The normalized spacial score (nSPS) is 47.9. The molecule has 4 rings (SSSR count). The van der Waals surface area contributed by atoms with E-state index >= 15 is 0 Å². The molecular formula is C27H47NO3. The fourth-order valence-electron chi connectivity index (χ4n) is 9.27. The zero-order valence-electron chi connectivity index (χ0n) is 20.4. The number of nitrogens with one attached hydrogen (secondary N) is 1. The number of hydrogen-bond acceptors (Lipinski definition) is 4. The number of fused-ring (bicyclic) bond motifs is 5. The highest BCUT2D eigenvalue weighted by atomic mass is 16.3. The Morgan fingerprint density at radius 3 is 2.58 bits per heavy atom. The molecule has 0 amide bonds. The third kappa shape index (κ3) is 4.04. The molecule has 3 N–H and O–H groups in total. The smallest absolute Gasteiger partial charge is 0.129 e. The number of aliphatic hydroxyl groups is 2. The van der Waals surface area contributed by atoms with Crippen LogP contribution in [0.15, 0.2) is 0 Å². The molecule has 4 heteroatoms. The molecule has 0 aromatic carbocycles. The van der Waals surface area contributed by atoms with Crippen molar-refractivity contribution in [1.82, 2.24) is 5.32 Å². The summed E-state index contributed by atoms with van der Waals surface area (Å²) >= 11 is 0. The summed E-state index contributed by atoms with van der Waals surface area (Å²) in [5.41, 5.74) is 0.390. The summed E-state index contributed by atoms with van der Waals surface area (Å²) in [4.78, 5) is 11.6. The average molecular weight is 434 g/mol. The first kappa shape index (κ1) is 23.7. The molecule has 4 saturated carbocycles. The van der Waals surface area contributed by atoms with Crippen LogP contribution in [0.2, 0.25) is 0 Å². The van der Waals surface area contributed by atoms with E-state index in [1.807, 2.05) is 0 Å². The highest BCUT2D eigenvalue weighted by molar-refractivity contribution is 5.75. The first-order chi connectivity index (χ1) is 14.7. The van der Waals surface area contributed by atoms with Gasteiger partial charge in [0.05, 0.1) is 12.7 Å². The van der Waals surface area contributed by atoms with Crippen molar-refractivity contribution >= 4 is 5.78 Å². The number of rotatable bonds is 7. The van der Waals surface area contributed by atoms with Crippen molar-refractivity contribution in [2.45, 2.75) is 104 Å². The van der Waals surface area contributed by atoms with Gasteiger partial charge in [-0.15, -0.1) is 0 Å². The van der Waals surface area contributed by atoms with Crippen molar-refractivity contribution in [2.24, 2.45) is 46.3 Å². The molecule has 0 aliphatic heterocycles. The van der Waals surface area contributed by atoms with E-state index in [0.29, 0.717) is 53.9 Å². The fraction of sp³-hybridized carbons (Fsp3) is 0.963. The highest BCUT2D eigenvalue weighted by Crippen LogP contribution is 2.68. The molecule has 4 fully saturated rings. The summed E-state index contributed by atoms with van der Waals surface area (Å²) in [5.74, 6) is 4.19. The topological polar surface area (TPSA) is 69.6 Å². The Morgan fingerprint density at radius 1 is 1.10 bits per heavy atom. The van der Waals surface area contributed by atoms with Crippen LogP contribution in [0.4, 0.5) is 0 Å². The first-order valence-corrected chi connectivity index (χ1v) is 13.2. The van der Waals surface area contributed by atoms with Crippen LogP contribution in [0.25, 0.3) is 0 Å². The maximum Gasteiger partial charge on any atom is 0.129 e. The monoisotopic (exact) mass is 433 g/mol. The van der Waals surface area contributed by atoms with E-state index in [1.54, 1.807) is 6.92 Å². The molecule has 4 aliphatic rings. The van der Waals surface area contributed by atoms with Crippen molar-refractivity contribution in [3.63, 3.8) is 0 Å². The molecule has 0 heterocycles. The predicted octanol–water partition coefficient (Wildman–Crippen LogP) is 4.57. The summed E-state index contributed by atoms with van der Waals surface area (Å²) in [6.07, 6.45) is 11.3. The number of hydrogen-bond donors (Lipinski definition) is 3. The summed E-state index contributed by atoms with van der Waals surface area (Å²) in [5, 5.41) is 24.4. The molecule has 0 bridgehead atoms. The van der Waals surface area contributed by atoms with Crippen molar-refractivity contribution < 1.29 is 15.0 Å². The van der Waals surface area contributed by atoms with Crippen LogP contribution >= 0.6 is 0 Å². The lowest BCUT2D eigenvalue weighted by Crippen LogP contribution is -2.59. The minimum absolute atomic E-state index is 0.0282. The van der Waals surface area contributed by atoms with E-state index in [-0.39, 0.29) is 18.1 Å². The van der Waals surface area contributed by atoms with Crippen LogP contribution in [0.5, 0.6) is 0 Å². The zero-order valence-corrected chi connectivity index (χ0v) is 20.4. The SMILES string of the molecule is CC(=O)CC[C@@H](C)[C@H]1CCC2C3CC[C@@H]4CC(NCCO)CC[C@]4(C)C3C[C@H](O)[C@@]21C. The van der Waals surface area contributed by atoms with Crippen LogP contribution in [-0.4, -0.2) is 41.3 Å². The third-order valence-corrected chi connectivity index (χ3v) is 11.0. The van der Waals surface area contributed by atoms with Crippen LogP contribution in [0, 0.1) is 46.3 Å². The van der Waals surface area contributed by atoms with Crippen molar-refractivity contribution in [3.8, 4) is 0 Å². The highest BCUT2D eigenvalue weighted by Gasteiger charge is 2.63. The minimum Gasteiger partial charge on any atom is -0.395 e. The van der Waals surface area contributed by atoms with Gasteiger partial charge in [0, 0.05) is 19.0 Å². The summed E-state index contributed by atoms with van der Waals surface area (Å²) in [6, 6.07) is 0.554. The Kier molecular flexibility index (Phi) is 6.93. The first-order valence-electron chi connectivity index (χ1n) is 13.2. The quantitative estimate of drug-likeness (QED) is 0.550. The number of carbonyl (C=O) groups is 1. The van der Waals surface area contributed by atoms with Gasteiger partial charge in [-0.1, -0.05) is 20.8 Å². The number of ketones is 1. The molecular weight excluding hydrogens is 386 g/mol. The molecule has 0 aromatic heterocycles. The van der Waals surface area contributed by atoms with Gasteiger partial charge in [-0.2, -0.15) is 0 Å². The van der Waals surface area contributed by atoms with Crippen molar-refractivity contribution in [1.29, 1.82) is 0 Å². The maximum atomic E-state index is 11.6. The van der Waals surface area contributed by atoms with Crippen molar-refractivity contribution in [2.75, 3.05) is 13.2 Å². The zero-order chi connectivity index (χ0) is 22.4. The lowest BCUT2D eigenvalue weighted by molar-refractivity contribution is -0.169. The summed E-state index contributed by atoms with van der Waals surface area (Å²) < 4.78 is 0. The molecule has 0 radical (unpaired) electrons. The van der Waals surface area contributed by atoms with Gasteiger partial charge < -0.3 is 20.3 Å². The van der Waals surface area contributed by atoms with Crippen LogP contribution < -0.4 is 5.32 Å².